The number of likely N-dealkylation sites (tertiary alicyclic amines) is 1. The van der Waals surface area contributed by atoms with Crippen molar-refractivity contribution in [3.05, 3.63) is 35.4 Å². The van der Waals surface area contributed by atoms with Crippen molar-refractivity contribution in [3.8, 4) is 0 Å². The highest BCUT2D eigenvalue weighted by molar-refractivity contribution is 5.79. The molecule has 0 aliphatic carbocycles. The number of benzene rings is 1. The first-order valence-electron chi connectivity index (χ1n) is 9.51. The number of aliphatic imine (C=N–C) groups is 1. The summed E-state index contributed by atoms with van der Waals surface area (Å²) in [7, 11) is 3.89. The molecule has 6 nitrogen and oxygen atoms in total. The van der Waals surface area contributed by atoms with Gasteiger partial charge in [0.1, 0.15) is 0 Å². The molecule has 0 aromatic heterocycles. The molecule has 1 aromatic rings. The molecule has 2 fully saturated rings. The van der Waals surface area contributed by atoms with Gasteiger partial charge in [-0.1, -0.05) is 24.3 Å². The van der Waals surface area contributed by atoms with E-state index in [1.165, 1.54) is 11.1 Å². The molecule has 6 heteroatoms. The predicted octanol–water partition coefficient (Wildman–Crippen LogP) is 1.85. The Morgan fingerprint density at radius 3 is 2.73 bits per heavy atom. The van der Waals surface area contributed by atoms with E-state index in [4.69, 9.17) is 4.74 Å². The second-order valence-corrected chi connectivity index (χ2v) is 7.25. The zero-order valence-corrected chi connectivity index (χ0v) is 15.9. The van der Waals surface area contributed by atoms with Gasteiger partial charge >= 0.3 is 0 Å². The molecule has 1 aromatic carbocycles. The van der Waals surface area contributed by atoms with Gasteiger partial charge < -0.3 is 19.9 Å². The molecule has 0 spiro atoms. The molecule has 26 heavy (non-hydrogen) atoms. The molecule has 0 saturated carbocycles. The number of nitrogens with zero attached hydrogens (tertiary/aromatic N) is 3. The normalized spacial score (nSPS) is 20.7. The Hall–Kier alpha value is -2.08. The second-order valence-electron chi connectivity index (χ2n) is 7.25. The quantitative estimate of drug-likeness (QED) is 0.623. The summed E-state index contributed by atoms with van der Waals surface area (Å²) < 4.78 is 5.45. The van der Waals surface area contributed by atoms with E-state index in [-0.39, 0.29) is 5.91 Å². The molecule has 2 saturated heterocycles. The number of hydrogen-bond donors (Lipinski definition) is 1. The largest absolute Gasteiger partial charge is 0.381 e. The maximum atomic E-state index is 11.7. The van der Waals surface area contributed by atoms with Crippen LogP contribution in [0.2, 0.25) is 0 Å². The minimum Gasteiger partial charge on any atom is -0.381 e. The summed E-state index contributed by atoms with van der Waals surface area (Å²) in [6.07, 6.45) is 2.81. The number of guanidine groups is 1. The molecule has 2 aliphatic rings. The zero-order chi connectivity index (χ0) is 18.4. The van der Waals surface area contributed by atoms with Crippen molar-refractivity contribution in [2.24, 2.45) is 10.9 Å². The molecule has 1 N–H and O–H groups in total. The van der Waals surface area contributed by atoms with E-state index in [2.05, 4.69) is 46.5 Å². The lowest BCUT2D eigenvalue weighted by Crippen LogP contribution is -2.41. The molecule has 3 rings (SSSR count). The minimum atomic E-state index is 0.273. The average molecular weight is 358 g/mol. The third-order valence-electron chi connectivity index (χ3n) is 5.15. The Kier molecular flexibility index (Phi) is 6.50. The van der Waals surface area contributed by atoms with Crippen molar-refractivity contribution in [2.45, 2.75) is 32.4 Å². The van der Waals surface area contributed by atoms with Gasteiger partial charge in [0, 0.05) is 59.2 Å². The van der Waals surface area contributed by atoms with Gasteiger partial charge in [0.15, 0.2) is 5.96 Å². The van der Waals surface area contributed by atoms with Crippen LogP contribution in [0, 0.1) is 5.92 Å². The van der Waals surface area contributed by atoms with Crippen LogP contribution in [0.4, 0.5) is 0 Å². The summed E-state index contributed by atoms with van der Waals surface area (Å²) in [5.74, 6) is 1.77. The summed E-state index contributed by atoms with van der Waals surface area (Å²) in [6.45, 7) is 5.03. The highest BCUT2D eigenvalue weighted by Crippen LogP contribution is 2.15. The van der Waals surface area contributed by atoms with Crippen LogP contribution in [-0.2, 0) is 22.6 Å². The Morgan fingerprint density at radius 2 is 2.12 bits per heavy atom. The lowest BCUT2D eigenvalue weighted by Gasteiger charge is -2.24. The first-order chi connectivity index (χ1) is 12.7. The summed E-state index contributed by atoms with van der Waals surface area (Å²) in [5, 5.41) is 3.43. The van der Waals surface area contributed by atoms with Gasteiger partial charge in [-0.15, -0.1) is 0 Å². The molecule has 0 radical (unpaired) electrons. The number of nitrogens with one attached hydrogen (secondary N) is 1. The van der Waals surface area contributed by atoms with Crippen LogP contribution in [0.1, 0.15) is 30.4 Å². The van der Waals surface area contributed by atoms with Crippen LogP contribution >= 0.6 is 0 Å². The third-order valence-corrected chi connectivity index (χ3v) is 5.15. The topological polar surface area (TPSA) is 57.2 Å². The van der Waals surface area contributed by atoms with Crippen molar-refractivity contribution in [1.29, 1.82) is 0 Å². The predicted molar refractivity (Wildman–Crippen MR) is 103 cm³/mol. The molecule has 2 heterocycles. The van der Waals surface area contributed by atoms with Crippen molar-refractivity contribution < 1.29 is 9.53 Å². The van der Waals surface area contributed by atoms with Crippen LogP contribution in [0.25, 0.3) is 0 Å². The maximum absolute atomic E-state index is 11.7. The van der Waals surface area contributed by atoms with Crippen LogP contribution in [-0.4, -0.2) is 62.1 Å². The van der Waals surface area contributed by atoms with E-state index in [0.29, 0.717) is 12.3 Å². The van der Waals surface area contributed by atoms with Crippen molar-refractivity contribution in [2.75, 3.05) is 40.4 Å². The lowest BCUT2D eigenvalue weighted by atomic mass is 10.1. The summed E-state index contributed by atoms with van der Waals surface area (Å²) in [5.41, 5.74) is 2.40. The molecular formula is C20H30N4O2. The molecule has 1 amide bonds. The van der Waals surface area contributed by atoms with Crippen LogP contribution < -0.4 is 5.32 Å². The van der Waals surface area contributed by atoms with E-state index in [9.17, 15) is 4.79 Å². The van der Waals surface area contributed by atoms with E-state index in [1.807, 2.05) is 11.9 Å². The van der Waals surface area contributed by atoms with E-state index >= 15 is 0 Å². The van der Waals surface area contributed by atoms with Gasteiger partial charge in [0.05, 0.1) is 6.61 Å². The van der Waals surface area contributed by atoms with Crippen molar-refractivity contribution >= 4 is 11.9 Å². The number of carbonyl (C=O) groups excluding carboxylic acids is 1. The Morgan fingerprint density at radius 1 is 1.35 bits per heavy atom. The first kappa shape index (κ1) is 18.7. The van der Waals surface area contributed by atoms with Crippen LogP contribution in [0.15, 0.2) is 29.3 Å². The number of ether oxygens (including phenoxy) is 1. The minimum absolute atomic E-state index is 0.273. The third kappa shape index (κ3) is 4.97. The van der Waals surface area contributed by atoms with Gasteiger partial charge in [-0.2, -0.15) is 0 Å². The number of amides is 1. The Bertz CT molecular complexity index is 623. The standard InChI is InChI=1S/C20H30N4O2/c1-21-20(23(2)13-18-9-11-26-15-18)22-12-16-5-7-17(8-6-16)14-24-10-3-4-19(24)25/h5-8,18H,3-4,9-15H2,1-2H3,(H,21,22). The average Bonchev–Trinajstić information content (AvgIpc) is 3.29. The highest BCUT2D eigenvalue weighted by atomic mass is 16.5. The van der Waals surface area contributed by atoms with Gasteiger partial charge in [-0.3, -0.25) is 9.79 Å². The van der Waals surface area contributed by atoms with Gasteiger partial charge in [0.25, 0.3) is 0 Å². The van der Waals surface area contributed by atoms with Gasteiger partial charge in [-0.05, 0) is 24.0 Å². The molecular weight excluding hydrogens is 328 g/mol. The number of rotatable bonds is 6. The lowest BCUT2D eigenvalue weighted by molar-refractivity contribution is -0.128. The van der Waals surface area contributed by atoms with Crippen LogP contribution in [0.5, 0.6) is 0 Å². The monoisotopic (exact) mass is 358 g/mol. The molecule has 142 valence electrons. The molecule has 0 bridgehead atoms. The fraction of sp³-hybridized carbons (Fsp3) is 0.600. The fourth-order valence-corrected chi connectivity index (χ4v) is 3.62. The summed E-state index contributed by atoms with van der Waals surface area (Å²) >= 11 is 0. The van der Waals surface area contributed by atoms with E-state index in [0.717, 1.165) is 58.2 Å². The van der Waals surface area contributed by atoms with Crippen molar-refractivity contribution in [3.63, 3.8) is 0 Å². The summed E-state index contributed by atoms with van der Waals surface area (Å²) in [6, 6.07) is 8.48. The van der Waals surface area contributed by atoms with E-state index in [1.54, 1.807) is 0 Å². The first-order valence-corrected chi connectivity index (χ1v) is 9.51. The number of carbonyl (C=O) groups is 1. The number of hydrogen-bond acceptors (Lipinski definition) is 3. The maximum Gasteiger partial charge on any atom is 0.222 e. The van der Waals surface area contributed by atoms with Gasteiger partial charge in [0.2, 0.25) is 5.91 Å². The second kappa shape index (κ2) is 9.03. The summed E-state index contributed by atoms with van der Waals surface area (Å²) in [4.78, 5) is 20.2. The van der Waals surface area contributed by atoms with E-state index < -0.39 is 0 Å². The van der Waals surface area contributed by atoms with Crippen molar-refractivity contribution in [1.82, 2.24) is 15.1 Å². The Labute approximate surface area is 156 Å². The fourth-order valence-electron chi connectivity index (χ4n) is 3.62. The SMILES string of the molecule is CN=C(NCc1ccc(CN2CCCC2=O)cc1)N(C)CC1CCOC1. The van der Waals surface area contributed by atoms with Gasteiger partial charge in [-0.25, -0.2) is 0 Å². The highest BCUT2D eigenvalue weighted by Gasteiger charge is 2.20. The zero-order valence-electron chi connectivity index (χ0n) is 15.9. The molecule has 1 unspecified atom stereocenters. The Balaban J connectivity index is 1.47. The molecule has 1 atom stereocenters. The smallest absolute Gasteiger partial charge is 0.222 e. The van der Waals surface area contributed by atoms with Crippen LogP contribution in [0.3, 0.4) is 0 Å². The molecule has 2 aliphatic heterocycles.